The van der Waals surface area contributed by atoms with Crippen molar-refractivity contribution in [3.8, 4) is 0 Å². The molecular formula is C23H35N5O. The van der Waals surface area contributed by atoms with Crippen LogP contribution in [0, 0.1) is 0 Å². The molecule has 1 aliphatic rings. The van der Waals surface area contributed by atoms with Crippen LogP contribution in [0.4, 0.5) is 0 Å². The van der Waals surface area contributed by atoms with Crippen molar-refractivity contribution in [3.05, 3.63) is 60.4 Å². The van der Waals surface area contributed by atoms with Crippen LogP contribution in [0.25, 0.3) is 0 Å². The van der Waals surface area contributed by atoms with Crippen LogP contribution in [-0.2, 0) is 11.3 Å². The van der Waals surface area contributed by atoms with Gasteiger partial charge in [0.25, 0.3) is 0 Å². The molecule has 1 unspecified atom stereocenters. The van der Waals surface area contributed by atoms with Gasteiger partial charge in [-0.15, -0.1) is 0 Å². The van der Waals surface area contributed by atoms with Gasteiger partial charge in [0, 0.05) is 56.8 Å². The molecule has 6 nitrogen and oxygen atoms in total. The van der Waals surface area contributed by atoms with Gasteiger partial charge in [-0.1, -0.05) is 30.3 Å². The van der Waals surface area contributed by atoms with Crippen molar-refractivity contribution in [1.82, 2.24) is 20.5 Å². The van der Waals surface area contributed by atoms with E-state index in [2.05, 4.69) is 77.1 Å². The fourth-order valence-electron chi connectivity index (χ4n) is 3.79. The van der Waals surface area contributed by atoms with E-state index in [0.717, 1.165) is 58.2 Å². The first-order chi connectivity index (χ1) is 14.2. The SMILES string of the molecule is CCNC(=NCC1(NC(C)c2ccccc2)CCOCC1)NCCn1cccc1. The first-order valence-electron chi connectivity index (χ1n) is 10.7. The van der Waals surface area contributed by atoms with Crippen molar-refractivity contribution in [2.75, 3.05) is 32.8 Å². The van der Waals surface area contributed by atoms with Crippen molar-refractivity contribution < 1.29 is 4.74 Å². The molecule has 6 heteroatoms. The molecule has 2 heterocycles. The molecule has 3 rings (SSSR count). The van der Waals surface area contributed by atoms with E-state index in [1.54, 1.807) is 0 Å². The summed E-state index contributed by atoms with van der Waals surface area (Å²) in [5.74, 6) is 0.875. The van der Waals surface area contributed by atoms with Gasteiger partial charge >= 0.3 is 0 Å². The van der Waals surface area contributed by atoms with Crippen LogP contribution < -0.4 is 16.0 Å². The van der Waals surface area contributed by atoms with Crippen molar-refractivity contribution >= 4 is 5.96 Å². The Bertz CT molecular complexity index is 723. The lowest BCUT2D eigenvalue weighted by atomic mass is 9.88. The predicted molar refractivity (Wildman–Crippen MR) is 119 cm³/mol. The van der Waals surface area contributed by atoms with Gasteiger partial charge in [0.15, 0.2) is 5.96 Å². The molecule has 1 atom stereocenters. The number of aliphatic imine (C=N–C) groups is 1. The maximum atomic E-state index is 5.65. The van der Waals surface area contributed by atoms with Crippen molar-refractivity contribution in [2.24, 2.45) is 4.99 Å². The standard InChI is InChI=1S/C23H35N5O/c1-3-24-22(25-13-16-28-14-7-8-15-28)26-19-23(11-17-29-18-12-23)27-20(2)21-9-5-4-6-10-21/h4-10,14-15,20,27H,3,11-13,16-19H2,1-2H3,(H2,24,25,26). The van der Waals surface area contributed by atoms with Crippen LogP contribution in [0.2, 0.25) is 0 Å². The fraction of sp³-hybridized carbons (Fsp3) is 0.522. The third kappa shape index (κ3) is 6.61. The molecule has 0 radical (unpaired) electrons. The number of guanidine groups is 1. The molecule has 1 aromatic carbocycles. The number of nitrogens with zero attached hydrogens (tertiary/aromatic N) is 2. The van der Waals surface area contributed by atoms with Crippen LogP contribution in [-0.4, -0.2) is 48.9 Å². The summed E-state index contributed by atoms with van der Waals surface area (Å²) in [6.07, 6.45) is 6.10. The molecule has 1 aromatic heterocycles. The quantitative estimate of drug-likeness (QED) is 0.450. The number of aromatic nitrogens is 1. The average Bonchev–Trinajstić information content (AvgIpc) is 3.27. The highest BCUT2D eigenvalue weighted by atomic mass is 16.5. The molecule has 158 valence electrons. The molecule has 0 bridgehead atoms. The Morgan fingerprint density at radius 1 is 1.10 bits per heavy atom. The molecule has 3 N–H and O–H groups in total. The van der Waals surface area contributed by atoms with Gasteiger partial charge in [0.2, 0.25) is 0 Å². The molecule has 1 fully saturated rings. The minimum Gasteiger partial charge on any atom is -0.381 e. The van der Waals surface area contributed by atoms with E-state index in [1.807, 2.05) is 12.1 Å². The summed E-state index contributed by atoms with van der Waals surface area (Å²) in [4.78, 5) is 4.94. The number of hydrogen-bond donors (Lipinski definition) is 3. The van der Waals surface area contributed by atoms with Crippen LogP contribution >= 0.6 is 0 Å². The molecule has 1 saturated heterocycles. The summed E-state index contributed by atoms with van der Waals surface area (Å²) in [5, 5.41) is 10.7. The topological polar surface area (TPSA) is 62.6 Å². The zero-order valence-electron chi connectivity index (χ0n) is 17.7. The zero-order chi connectivity index (χ0) is 20.4. The van der Waals surface area contributed by atoms with Gasteiger partial charge < -0.3 is 25.3 Å². The summed E-state index contributed by atoms with van der Waals surface area (Å²) in [6, 6.07) is 15.0. The Labute approximate surface area is 174 Å². The van der Waals surface area contributed by atoms with Crippen LogP contribution in [0.1, 0.15) is 38.3 Å². The fourth-order valence-corrected chi connectivity index (χ4v) is 3.79. The van der Waals surface area contributed by atoms with Gasteiger partial charge in [0.05, 0.1) is 6.54 Å². The predicted octanol–water partition coefficient (Wildman–Crippen LogP) is 2.94. The molecule has 29 heavy (non-hydrogen) atoms. The molecule has 0 amide bonds. The maximum absolute atomic E-state index is 5.65. The first kappa shape index (κ1) is 21.4. The Morgan fingerprint density at radius 3 is 2.52 bits per heavy atom. The summed E-state index contributed by atoms with van der Waals surface area (Å²) in [7, 11) is 0. The summed E-state index contributed by atoms with van der Waals surface area (Å²) in [6.45, 7) is 9.22. The third-order valence-electron chi connectivity index (χ3n) is 5.48. The largest absolute Gasteiger partial charge is 0.381 e. The van der Waals surface area contributed by atoms with E-state index in [-0.39, 0.29) is 11.6 Å². The highest BCUT2D eigenvalue weighted by Gasteiger charge is 2.34. The summed E-state index contributed by atoms with van der Waals surface area (Å²) >= 11 is 0. The Morgan fingerprint density at radius 2 is 1.83 bits per heavy atom. The van der Waals surface area contributed by atoms with E-state index in [9.17, 15) is 0 Å². The van der Waals surface area contributed by atoms with E-state index in [1.165, 1.54) is 5.56 Å². The van der Waals surface area contributed by atoms with Crippen LogP contribution in [0.5, 0.6) is 0 Å². The van der Waals surface area contributed by atoms with Gasteiger partial charge in [-0.2, -0.15) is 0 Å². The minimum atomic E-state index is -0.0453. The van der Waals surface area contributed by atoms with E-state index in [4.69, 9.17) is 9.73 Å². The number of ether oxygens (including phenoxy) is 1. The second-order valence-corrected chi connectivity index (χ2v) is 7.71. The smallest absolute Gasteiger partial charge is 0.191 e. The minimum absolute atomic E-state index is 0.0453. The second-order valence-electron chi connectivity index (χ2n) is 7.71. The molecule has 0 saturated carbocycles. The molecule has 0 spiro atoms. The van der Waals surface area contributed by atoms with Crippen molar-refractivity contribution in [1.29, 1.82) is 0 Å². The van der Waals surface area contributed by atoms with E-state index >= 15 is 0 Å². The normalized spacial score (nSPS) is 17.7. The number of benzene rings is 1. The van der Waals surface area contributed by atoms with Crippen molar-refractivity contribution in [2.45, 2.75) is 44.8 Å². The van der Waals surface area contributed by atoms with Gasteiger partial charge in [-0.3, -0.25) is 4.99 Å². The van der Waals surface area contributed by atoms with Gasteiger partial charge in [-0.05, 0) is 44.4 Å². The Kier molecular flexibility index (Phi) is 8.14. The van der Waals surface area contributed by atoms with Crippen molar-refractivity contribution in [3.63, 3.8) is 0 Å². The van der Waals surface area contributed by atoms with E-state index < -0.39 is 0 Å². The Hall–Kier alpha value is -2.31. The number of rotatable bonds is 9. The Balaban J connectivity index is 1.63. The van der Waals surface area contributed by atoms with Gasteiger partial charge in [0.1, 0.15) is 0 Å². The van der Waals surface area contributed by atoms with Crippen LogP contribution in [0.3, 0.4) is 0 Å². The lowest BCUT2D eigenvalue weighted by Crippen LogP contribution is -2.53. The molecule has 0 aliphatic carbocycles. The maximum Gasteiger partial charge on any atom is 0.191 e. The third-order valence-corrected chi connectivity index (χ3v) is 5.48. The molecular weight excluding hydrogens is 362 g/mol. The lowest BCUT2D eigenvalue weighted by molar-refractivity contribution is 0.0374. The number of nitrogens with one attached hydrogen (secondary N) is 3. The molecule has 2 aromatic rings. The first-order valence-corrected chi connectivity index (χ1v) is 10.7. The summed E-state index contributed by atoms with van der Waals surface area (Å²) < 4.78 is 7.82. The van der Waals surface area contributed by atoms with Crippen LogP contribution in [0.15, 0.2) is 59.9 Å². The highest BCUT2D eigenvalue weighted by Crippen LogP contribution is 2.26. The number of hydrogen-bond acceptors (Lipinski definition) is 3. The van der Waals surface area contributed by atoms with E-state index in [0.29, 0.717) is 0 Å². The second kappa shape index (κ2) is 11.0. The zero-order valence-corrected chi connectivity index (χ0v) is 17.7. The van der Waals surface area contributed by atoms with Gasteiger partial charge in [-0.25, -0.2) is 0 Å². The molecule has 1 aliphatic heterocycles. The lowest BCUT2D eigenvalue weighted by Gasteiger charge is -2.39. The highest BCUT2D eigenvalue weighted by molar-refractivity contribution is 5.79. The summed E-state index contributed by atoms with van der Waals surface area (Å²) in [5.41, 5.74) is 1.26. The monoisotopic (exact) mass is 397 g/mol. The average molecular weight is 398 g/mol.